The fourth-order valence-corrected chi connectivity index (χ4v) is 10.6. The maximum absolute atomic E-state index is 15.4. The van der Waals surface area contributed by atoms with Crippen LogP contribution in [0.1, 0.15) is 206 Å². The molecule has 1 N–H and O–H groups in total. The second-order valence-electron chi connectivity index (χ2n) is 21.2. The van der Waals surface area contributed by atoms with Gasteiger partial charge in [0, 0.05) is 0 Å². The zero-order valence-electron chi connectivity index (χ0n) is 46.3. The first-order valence-corrected chi connectivity index (χ1v) is 28.6. The van der Waals surface area contributed by atoms with E-state index >= 15 is 35.1 Å². The van der Waals surface area contributed by atoms with Crippen molar-refractivity contribution in [3.63, 3.8) is 0 Å². The molecule has 0 aromatic heterocycles. The molecule has 0 saturated heterocycles. The fraction of sp³-hybridized carbons (Fsp3) is 0.593. The summed E-state index contributed by atoms with van der Waals surface area (Å²) < 4.78 is 294. The minimum Gasteiger partial charge on any atom is -0.337 e. The van der Waals surface area contributed by atoms with Gasteiger partial charge in [-0.1, -0.05) is 181 Å². The number of halogens is 20. The zero-order chi connectivity index (χ0) is 60.6. The van der Waals surface area contributed by atoms with Crippen molar-refractivity contribution in [2.75, 3.05) is 20.1 Å². The van der Waals surface area contributed by atoms with E-state index in [0.717, 1.165) is 0 Å². The molecular formula is C59H74BF20N. The minimum absolute atomic E-state index is 1.37. The lowest BCUT2D eigenvalue weighted by Crippen LogP contribution is -3.09. The predicted octanol–water partition coefficient (Wildman–Crippen LogP) is 17.1. The molecule has 458 valence electrons. The lowest BCUT2D eigenvalue weighted by Gasteiger charge is -2.44. The minimum atomic E-state index is -7.22. The Morgan fingerprint density at radius 1 is 0.198 bits per heavy atom. The molecule has 0 amide bonds. The summed E-state index contributed by atoms with van der Waals surface area (Å²) in [5, 5.41) is 0. The molecule has 0 spiro atoms. The lowest BCUT2D eigenvalue weighted by atomic mass is 9.12. The molecule has 0 bridgehead atoms. The maximum Gasteiger partial charge on any atom is 0.200 e. The van der Waals surface area contributed by atoms with Gasteiger partial charge in [0.1, 0.15) is 52.7 Å². The van der Waals surface area contributed by atoms with Crippen LogP contribution in [0.4, 0.5) is 87.8 Å². The molecule has 0 radical (unpaired) electrons. The molecule has 0 aliphatic rings. The molecule has 4 rings (SSSR count). The maximum atomic E-state index is 15.4. The predicted molar refractivity (Wildman–Crippen MR) is 276 cm³/mol. The molecule has 0 aliphatic carbocycles. The Hall–Kier alpha value is -4.50. The first-order valence-electron chi connectivity index (χ1n) is 28.6. The smallest absolute Gasteiger partial charge is 0.200 e. The van der Waals surface area contributed by atoms with Gasteiger partial charge in [0.05, 0.1) is 20.1 Å². The second kappa shape index (κ2) is 35.6. The van der Waals surface area contributed by atoms with E-state index in [1.54, 1.807) is 4.90 Å². The normalized spacial score (nSPS) is 11.9. The molecule has 1 nitrogen and oxygen atoms in total. The number of hydrogen-bond acceptors (Lipinski definition) is 0. The van der Waals surface area contributed by atoms with Crippen molar-refractivity contribution in [3.8, 4) is 0 Å². The third-order valence-corrected chi connectivity index (χ3v) is 15.1. The van der Waals surface area contributed by atoms with Crippen LogP contribution >= 0.6 is 0 Å². The molecule has 0 unspecified atom stereocenters. The van der Waals surface area contributed by atoms with Gasteiger partial charge in [-0.25, -0.2) is 87.8 Å². The number of quaternary nitrogens is 1. The zero-order valence-corrected chi connectivity index (χ0v) is 46.3. The first-order chi connectivity index (χ1) is 38.5. The van der Waals surface area contributed by atoms with Crippen LogP contribution in [-0.4, -0.2) is 26.3 Å². The van der Waals surface area contributed by atoms with Crippen molar-refractivity contribution >= 4 is 28.0 Å². The SMILES string of the molecule is CCCCCCCCCCCCCCCCC[NH+](C)CCCCCCCCCCCCCCCCC.Fc1c(F)c(F)c([B-](c2c(F)c(F)c(F)c(F)c2F)(c2c(F)c(F)c(F)c(F)c2F)c2c(F)c(F)c(F)c(F)c2F)c(F)c1F. The van der Waals surface area contributed by atoms with Crippen LogP contribution in [-0.2, 0) is 0 Å². The summed E-state index contributed by atoms with van der Waals surface area (Å²) in [4.78, 5) is 1.78. The van der Waals surface area contributed by atoms with E-state index in [1.807, 2.05) is 0 Å². The molecular weight excluding hydrogens is 1110 g/mol. The molecule has 0 fully saturated rings. The Morgan fingerprint density at radius 3 is 0.469 bits per heavy atom. The van der Waals surface area contributed by atoms with E-state index in [0.29, 0.717) is 0 Å². The van der Waals surface area contributed by atoms with Gasteiger partial charge in [0.2, 0.25) is 0 Å². The van der Waals surface area contributed by atoms with Crippen molar-refractivity contribution in [1.82, 2.24) is 0 Å². The highest BCUT2D eigenvalue weighted by Crippen LogP contribution is 2.31. The van der Waals surface area contributed by atoms with Crippen molar-refractivity contribution in [2.24, 2.45) is 0 Å². The highest BCUT2D eigenvalue weighted by molar-refractivity contribution is 7.20. The van der Waals surface area contributed by atoms with Crippen molar-refractivity contribution < 1.29 is 92.7 Å². The first kappa shape index (κ1) is 70.8. The molecule has 4 aromatic rings. The third kappa shape index (κ3) is 18.3. The lowest BCUT2D eigenvalue weighted by molar-refractivity contribution is -0.880. The topological polar surface area (TPSA) is 4.44 Å². The monoisotopic (exact) mass is 1190 g/mol. The van der Waals surface area contributed by atoms with Crippen molar-refractivity contribution in [1.29, 1.82) is 0 Å². The van der Waals surface area contributed by atoms with Gasteiger partial charge >= 0.3 is 0 Å². The van der Waals surface area contributed by atoms with Gasteiger partial charge in [0.15, 0.2) is 69.8 Å². The number of rotatable bonds is 36. The van der Waals surface area contributed by atoms with Crippen LogP contribution in [0, 0.1) is 116 Å². The molecule has 22 heteroatoms. The number of hydrogen-bond donors (Lipinski definition) is 1. The molecule has 0 atom stereocenters. The van der Waals surface area contributed by atoms with E-state index in [2.05, 4.69) is 20.9 Å². The molecule has 4 aromatic carbocycles. The van der Waals surface area contributed by atoms with Crippen molar-refractivity contribution in [3.05, 3.63) is 116 Å². The highest BCUT2D eigenvalue weighted by atomic mass is 19.2. The van der Waals surface area contributed by atoms with Crippen LogP contribution in [0.2, 0.25) is 0 Å². The molecule has 0 aliphatic heterocycles. The van der Waals surface area contributed by atoms with Gasteiger partial charge in [-0.2, -0.15) is 0 Å². The van der Waals surface area contributed by atoms with Gasteiger partial charge in [0.25, 0.3) is 0 Å². The van der Waals surface area contributed by atoms with E-state index in [1.165, 1.54) is 206 Å². The summed E-state index contributed by atoms with van der Waals surface area (Å²) in [7, 11) is 2.42. The third-order valence-electron chi connectivity index (χ3n) is 15.1. The number of unbranched alkanes of at least 4 members (excludes halogenated alkanes) is 28. The summed E-state index contributed by atoms with van der Waals surface area (Å²) >= 11 is 0. The largest absolute Gasteiger partial charge is 0.337 e. The summed E-state index contributed by atoms with van der Waals surface area (Å²) in [5.74, 6) is -71.4. The van der Waals surface area contributed by atoms with E-state index < -0.39 is 144 Å². The Labute approximate surface area is 462 Å². The number of benzene rings is 4. The Morgan fingerprint density at radius 2 is 0.321 bits per heavy atom. The Kier molecular flexibility index (Phi) is 31.1. The Bertz CT molecular complexity index is 2180. The van der Waals surface area contributed by atoms with Crippen LogP contribution in [0.3, 0.4) is 0 Å². The van der Waals surface area contributed by atoms with Gasteiger partial charge in [-0.15, -0.1) is 21.9 Å². The summed E-state index contributed by atoms with van der Waals surface area (Å²) in [6.07, 6.45) is 36.8. The average molecular weight is 1190 g/mol. The second-order valence-corrected chi connectivity index (χ2v) is 21.2. The quantitative estimate of drug-likeness (QED) is 0.0152. The molecule has 81 heavy (non-hydrogen) atoms. The van der Waals surface area contributed by atoms with Crippen LogP contribution in [0.5, 0.6) is 0 Å². The molecule has 0 heterocycles. The fourth-order valence-electron chi connectivity index (χ4n) is 10.6. The average Bonchev–Trinajstić information content (AvgIpc) is 3.45. The van der Waals surface area contributed by atoms with Gasteiger partial charge in [-0.05, 0) is 25.7 Å². The Balaban J connectivity index is 0.000000438. The van der Waals surface area contributed by atoms with E-state index in [4.69, 9.17) is 0 Å². The standard InChI is InChI=1S/C35H73N.C24BF20/c1-4-6-8-10-12-14-16-18-20-22-24-26-28-30-32-34-36(3)35-33-31-29-27-25-23-21-19-17-15-13-11-9-7-5-2;26-5-1(6(27)14(35)21(42)13(5)34)25(2-7(28)15(36)22(43)16(37)8(2)29,3-9(30)17(38)23(44)18(39)10(3)31)4-11(32)19(40)24(45)20(41)12(4)33/h4-35H2,1-3H3;/q;-1/p+1. The highest BCUT2D eigenvalue weighted by Gasteiger charge is 2.52. The van der Waals surface area contributed by atoms with E-state index in [-0.39, 0.29) is 0 Å². The summed E-state index contributed by atoms with van der Waals surface area (Å²) in [6, 6.07) is 0. The number of nitrogens with one attached hydrogen (secondary N) is 1. The van der Waals surface area contributed by atoms with E-state index in [9.17, 15) is 52.7 Å². The summed E-state index contributed by atoms with van der Waals surface area (Å²) in [5.41, 5.74) is -14.3. The summed E-state index contributed by atoms with van der Waals surface area (Å²) in [6.45, 7) is 7.41. The van der Waals surface area contributed by atoms with Crippen molar-refractivity contribution in [2.45, 2.75) is 206 Å². The van der Waals surface area contributed by atoms with Gasteiger partial charge in [-0.3, -0.25) is 0 Å². The molecule has 0 saturated carbocycles. The van der Waals surface area contributed by atoms with Crippen LogP contribution in [0.15, 0.2) is 0 Å². The van der Waals surface area contributed by atoms with Gasteiger partial charge < -0.3 is 4.90 Å². The van der Waals surface area contributed by atoms with Crippen LogP contribution in [0.25, 0.3) is 0 Å². The van der Waals surface area contributed by atoms with Crippen LogP contribution < -0.4 is 26.8 Å².